The van der Waals surface area contributed by atoms with Gasteiger partial charge in [-0.2, -0.15) is 13.2 Å². The monoisotopic (exact) mass is 897 g/mol. The molecule has 1 atom stereocenters. The maximum Gasteiger partial charge on any atom is 0.399 e. The standard InChI is InChI=1S/C7H6Br3Cl3F3I3Si/c1-20(2,7(17,18)19)3(4(8,9)10,5(11,12)13)6(14,15)16/h1-2H3. The van der Waals surface area contributed by atoms with E-state index in [0.29, 0.717) is 0 Å². The molecule has 0 nitrogen and oxygen atoms in total. The van der Waals surface area contributed by atoms with Crippen LogP contribution in [0.2, 0.25) is 18.1 Å². The lowest BCUT2D eigenvalue weighted by Crippen LogP contribution is -2.68. The lowest BCUT2D eigenvalue weighted by Gasteiger charge is -2.56. The minimum absolute atomic E-state index is 0.764. The molecule has 122 valence electrons. The minimum Gasteiger partial charge on any atom is -0.171 e. The fraction of sp³-hybridized carbons (Fsp3) is 1.00. The zero-order chi connectivity index (χ0) is 17.0. The topological polar surface area (TPSA) is 0 Å². The van der Waals surface area contributed by atoms with Crippen LogP contribution in [-0.4, -0.2) is 19.2 Å². The molecule has 0 aromatic heterocycles. The van der Waals surface area contributed by atoms with E-state index in [4.69, 9.17) is 34.8 Å². The Kier molecular flexibility index (Phi) is 8.89. The summed E-state index contributed by atoms with van der Waals surface area (Å²) < 4.78 is 37.1. The van der Waals surface area contributed by atoms with Crippen molar-refractivity contribution in [1.82, 2.24) is 0 Å². The third kappa shape index (κ3) is 4.25. The Bertz CT molecular complexity index is 340. The van der Waals surface area contributed by atoms with Crippen molar-refractivity contribution in [2.24, 2.45) is 0 Å². The second kappa shape index (κ2) is 7.26. The molecule has 0 heterocycles. The molecule has 13 heteroatoms. The van der Waals surface area contributed by atoms with Crippen molar-refractivity contribution in [2.45, 2.75) is 29.3 Å². The highest BCUT2D eigenvalue weighted by atomic mass is 127. The maximum atomic E-state index is 14.1. The first-order chi connectivity index (χ1) is 8.25. The average molecular weight is 902 g/mol. The summed E-state index contributed by atoms with van der Waals surface area (Å²) in [5, 5.41) is -2.64. The summed E-state index contributed by atoms with van der Waals surface area (Å²) >= 11 is 32.4. The van der Waals surface area contributed by atoms with E-state index in [1.54, 1.807) is 13.1 Å². The van der Waals surface area contributed by atoms with Crippen LogP contribution in [0, 0.1) is 0 Å². The van der Waals surface area contributed by atoms with Crippen LogP contribution in [0.4, 0.5) is 13.2 Å². The second-order valence-electron chi connectivity index (χ2n) is 4.37. The fourth-order valence-corrected chi connectivity index (χ4v) is 17.9. The lowest BCUT2D eigenvalue weighted by atomic mass is 10.2. The predicted molar refractivity (Wildman–Crippen MR) is 121 cm³/mol. The molecule has 0 saturated carbocycles. The van der Waals surface area contributed by atoms with Crippen molar-refractivity contribution in [2.75, 3.05) is 0 Å². The summed E-state index contributed by atoms with van der Waals surface area (Å²) in [5.41, 5.74) is 0. The van der Waals surface area contributed by atoms with Gasteiger partial charge < -0.3 is 0 Å². The van der Waals surface area contributed by atoms with Gasteiger partial charge in [0.25, 0.3) is 0 Å². The highest BCUT2D eigenvalue weighted by Crippen LogP contribution is 2.78. The third-order valence-electron chi connectivity index (χ3n) is 2.92. The van der Waals surface area contributed by atoms with Crippen molar-refractivity contribution in [3.63, 3.8) is 0 Å². The second-order valence-corrected chi connectivity index (χ2v) is 32.3. The summed E-state index contributed by atoms with van der Waals surface area (Å²) in [4.78, 5) is 0. The largest absolute Gasteiger partial charge is 0.399 e. The highest BCUT2D eigenvalue weighted by Gasteiger charge is 2.83. The smallest absolute Gasteiger partial charge is 0.171 e. The number of halogens is 12. The maximum absolute atomic E-state index is 14.1. The molecular formula is C7H6Br3Cl3F3I3Si. The summed E-state index contributed by atoms with van der Waals surface area (Å²) in [7, 11) is -3.29. The van der Waals surface area contributed by atoms with E-state index in [1.807, 2.05) is 67.8 Å². The molecule has 0 N–H and O–H groups in total. The van der Waals surface area contributed by atoms with Gasteiger partial charge in [-0.05, 0) is 0 Å². The first-order valence-electron chi connectivity index (χ1n) is 4.52. The molecule has 1 unspecified atom stereocenters. The normalized spacial score (nSPS) is 18.9. The van der Waals surface area contributed by atoms with Crippen molar-refractivity contribution < 1.29 is 13.2 Å². The Labute approximate surface area is 197 Å². The van der Waals surface area contributed by atoms with Crippen LogP contribution in [0.5, 0.6) is 0 Å². The van der Waals surface area contributed by atoms with Crippen molar-refractivity contribution in [3.05, 3.63) is 0 Å². The summed E-state index contributed by atoms with van der Waals surface area (Å²) in [6.45, 7) is 3.10. The number of alkyl halides is 12. The van der Waals surface area contributed by atoms with Gasteiger partial charge in [-0.1, -0.05) is 163 Å². The van der Waals surface area contributed by atoms with E-state index in [0.717, 1.165) is 0 Å². The number of rotatable bonds is 2. The summed E-state index contributed by atoms with van der Waals surface area (Å²) in [6.07, 6.45) is -4.77. The van der Waals surface area contributed by atoms with Crippen molar-refractivity contribution >= 4 is 158 Å². The molecule has 20 heavy (non-hydrogen) atoms. The van der Waals surface area contributed by atoms with Gasteiger partial charge in [0, 0.05) is 0 Å². The molecule has 0 aromatic rings. The van der Waals surface area contributed by atoms with E-state index in [1.165, 1.54) is 0 Å². The molecule has 0 saturated heterocycles. The Hall–Kier alpha value is 4.51. The van der Waals surface area contributed by atoms with E-state index in [9.17, 15) is 13.2 Å². The van der Waals surface area contributed by atoms with Crippen LogP contribution in [0.1, 0.15) is 0 Å². The first-order valence-corrected chi connectivity index (χ1v) is 14.3. The van der Waals surface area contributed by atoms with E-state index in [2.05, 4.69) is 47.8 Å². The van der Waals surface area contributed by atoms with Gasteiger partial charge in [-0.3, -0.25) is 0 Å². The van der Waals surface area contributed by atoms with Gasteiger partial charge >= 0.3 is 6.18 Å². The number of hydrogen-bond donors (Lipinski definition) is 0. The number of hydrogen-bond acceptors (Lipinski definition) is 0. The molecule has 0 aromatic carbocycles. The van der Waals surface area contributed by atoms with E-state index in [-0.39, 0.29) is 0 Å². The highest BCUT2D eigenvalue weighted by molar-refractivity contribution is 14.3. The molecular weight excluding hydrogens is 896 g/mol. The van der Waals surface area contributed by atoms with E-state index < -0.39 is 24.3 Å². The molecule has 0 aliphatic rings. The Morgan fingerprint density at radius 2 is 1.20 bits per heavy atom. The summed E-state index contributed by atoms with van der Waals surface area (Å²) in [6, 6.07) is 0. The molecule has 0 aliphatic heterocycles. The van der Waals surface area contributed by atoms with Crippen LogP contribution in [-0.2, 0) is 0 Å². The molecule has 0 radical (unpaired) electrons. The average Bonchev–Trinajstić information content (AvgIpc) is 1.89. The van der Waals surface area contributed by atoms with Gasteiger partial charge in [0.05, 0.1) is 0 Å². The molecule has 0 bridgehead atoms. The van der Waals surface area contributed by atoms with Crippen molar-refractivity contribution in [1.29, 1.82) is 0 Å². The van der Waals surface area contributed by atoms with Crippen molar-refractivity contribution in [3.8, 4) is 0 Å². The Morgan fingerprint density at radius 3 is 1.25 bits per heavy atom. The predicted octanol–water partition coefficient (Wildman–Crippen LogP) is 8.70. The van der Waals surface area contributed by atoms with Gasteiger partial charge in [-0.25, -0.2) is 0 Å². The quantitative estimate of drug-likeness (QED) is 0.148. The zero-order valence-electron chi connectivity index (χ0n) is 9.54. The molecule has 0 aliphatic carbocycles. The molecule has 0 fully saturated rings. The molecule has 0 spiro atoms. The van der Waals surface area contributed by atoms with Crippen LogP contribution >= 0.6 is 150 Å². The third-order valence-corrected chi connectivity index (χ3v) is 23.6. The zero-order valence-corrected chi connectivity index (χ0v) is 24.0. The SMILES string of the molecule is C[Si](C)(C(I)(I)I)C(C(F)(F)F)(C(Cl)(Cl)Cl)C(Br)(Br)Br. The van der Waals surface area contributed by atoms with Gasteiger partial charge in [-0.15, -0.1) is 0 Å². The van der Waals surface area contributed by atoms with Crippen LogP contribution in [0.3, 0.4) is 0 Å². The minimum atomic E-state index is -4.77. The van der Waals surface area contributed by atoms with Crippen LogP contribution in [0.25, 0.3) is 0 Å². The first kappa shape index (κ1) is 24.5. The molecule has 0 rings (SSSR count). The summed E-state index contributed by atoms with van der Waals surface area (Å²) in [5.74, 6) is 0. The van der Waals surface area contributed by atoms with E-state index >= 15 is 0 Å². The lowest BCUT2D eigenvalue weighted by molar-refractivity contribution is -0.164. The molecule has 0 amide bonds. The Balaban J connectivity index is 6.83. The Morgan fingerprint density at radius 1 is 0.900 bits per heavy atom. The van der Waals surface area contributed by atoms with Crippen LogP contribution < -0.4 is 0 Å². The van der Waals surface area contributed by atoms with Gasteiger partial charge in [0.2, 0.25) is 3.79 Å². The van der Waals surface area contributed by atoms with Gasteiger partial charge in [0.15, 0.2) is 2.14 Å². The fourth-order valence-electron chi connectivity index (χ4n) is 1.76. The van der Waals surface area contributed by atoms with Crippen LogP contribution in [0.15, 0.2) is 0 Å². The van der Waals surface area contributed by atoms with Gasteiger partial charge in [0.1, 0.15) is 12.2 Å².